The van der Waals surface area contributed by atoms with Crippen molar-refractivity contribution >= 4 is 18.1 Å². The topological polar surface area (TPSA) is 66.5 Å². The van der Waals surface area contributed by atoms with Crippen molar-refractivity contribution in [3.05, 3.63) is 0 Å². The summed E-state index contributed by atoms with van der Waals surface area (Å²) < 4.78 is 0. The van der Waals surface area contributed by atoms with Crippen molar-refractivity contribution in [2.75, 3.05) is 13.1 Å². The third kappa shape index (κ3) is 2.27. The maximum atomic E-state index is 11.3. The Morgan fingerprint density at radius 1 is 1.62 bits per heavy atom. The van der Waals surface area contributed by atoms with E-state index in [1.54, 1.807) is 6.92 Å². The lowest BCUT2D eigenvalue weighted by molar-refractivity contribution is -0.136. The molecule has 1 heterocycles. The van der Waals surface area contributed by atoms with Gasteiger partial charge in [0.1, 0.15) is 12.7 Å². The summed E-state index contributed by atoms with van der Waals surface area (Å²) in [4.78, 5) is 33.9. The van der Waals surface area contributed by atoms with E-state index in [1.165, 1.54) is 4.90 Å². The van der Waals surface area contributed by atoms with Crippen LogP contribution in [0.5, 0.6) is 0 Å². The SMILES string of the molecule is CC1CNC(=O)CC(=O)N1CC=O. The van der Waals surface area contributed by atoms with Crippen molar-refractivity contribution in [1.29, 1.82) is 0 Å². The van der Waals surface area contributed by atoms with Crippen LogP contribution in [0.15, 0.2) is 0 Å². The fourth-order valence-corrected chi connectivity index (χ4v) is 1.28. The van der Waals surface area contributed by atoms with Gasteiger partial charge in [-0.05, 0) is 6.92 Å². The molecule has 1 N–H and O–H groups in total. The van der Waals surface area contributed by atoms with E-state index >= 15 is 0 Å². The fraction of sp³-hybridized carbons (Fsp3) is 0.625. The number of aldehydes is 1. The van der Waals surface area contributed by atoms with Crippen molar-refractivity contribution in [3.63, 3.8) is 0 Å². The minimum absolute atomic E-state index is 0.0644. The molecule has 5 nitrogen and oxygen atoms in total. The Kier molecular flexibility index (Phi) is 3.00. The number of hydrogen-bond acceptors (Lipinski definition) is 3. The standard InChI is InChI=1S/C8H12N2O3/c1-6-5-9-7(12)4-8(13)10(6)2-3-11/h3,6H,2,4-5H2,1H3,(H,9,12). The predicted octanol–water partition coefficient (Wildman–Crippen LogP) is -1.08. The van der Waals surface area contributed by atoms with Crippen LogP contribution in [0.3, 0.4) is 0 Å². The Labute approximate surface area is 76.1 Å². The molecule has 1 aliphatic heterocycles. The van der Waals surface area contributed by atoms with E-state index in [9.17, 15) is 14.4 Å². The van der Waals surface area contributed by atoms with Crippen LogP contribution < -0.4 is 5.32 Å². The lowest BCUT2D eigenvalue weighted by Crippen LogP contribution is -2.41. The highest BCUT2D eigenvalue weighted by Gasteiger charge is 2.25. The van der Waals surface area contributed by atoms with Gasteiger partial charge < -0.3 is 15.0 Å². The molecule has 0 aromatic heterocycles. The summed E-state index contributed by atoms with van der Waals surface area (Å²) in [6.07, 6.45) is 0.516. The molecule has 0 aromatic carbocycles. The second kappa shape index (κ2) is 4.02. The average molecular weight is 184 g/mol. The van der Waals surface area contributed by atoms with E-state index < -0.39 is 0 Å². The van der Waals surface area contributed by atoms with Gasteiger partial charge in [0, 0.05) is 12.6 Å². The molecular weight excluding hydrogens is 172 g/mol. The molecule has 0 spiro atoms. The minimum Gasteiger partial charge on any atom is -0.354 e. The first-order chi connectivity index (χ1) is 6.15. The molecule has 13 heavy (non-hydrogen) atoms. The van der Waals surface area contributed by atoms with E-state index in [0.29, 0.717) is 12.8 Å². The molecule has 1 unspecified atom stereocenters. The van der Waals surface area contributed by atoms with Crippen LogP contribution in [0, 0.1) is 0 Å². The van der Waals surface area contributed by atoms with E-state index in [1.807, 2.05) is 0 Å². The monoisotopic (exact) mass is 184 g/mol. The Bertz CT molecular complexity index is 240. The highest BCUT2D eigenvalue weighted by molar-refractivity contribution is 5.98. The first kappa shape index (κ1) is 9.70. The number of amides is 2. The zero-order valence-corrected chi connectivity index (χ0v) is 7.45. The molecule has 5 heteroatoms. The summed E-state index contributed by atoms with van der Waals surface area (Å²) in [5, 5.41) is 2.60. The van der Waals surface area contributed by atoms with Crippen LogP contribution in [0.2, 0.25) is 0 Å². The van der Waals surface area contributed by atoms with Gasteiger partial charge in [0.15, 0.2) is 0 Å². The third-order valence-electron chi connectivity index (χ3n) is 2.03. The van der Waals surface area contributed by atoms with Gasteiger partial charge in [-0.25, -0.2) is 0 Å². The number of hydrogen-bond donors (Lipinski definition) is 1. The number of nitrogens with one attached hydrogen (secondary N) is 1. The zero-order valence-electron chi connectivity index (χ0n) is 7.45. The molecule has 0 radical (unpaired) electrons. The van der Waals surface area contributed by atoms with Crippen LogP contribution in [-0.4, -0.2) is 42.1 Å². The first-order valence-corrected chi connectivity index (χ1v) is 4.15. The smallest absolute Gasteiger partial charge is 0.232 e. The van der Waals surface area contributed by atoms with Crippen LogP contribution in [0.1, 0.15) is 13.3 Å². The van der Waals surface area contributed by atoms with E-state index in [2.05, 4.69) is 5.32 Å². The Morgan fingerprint density at radius 2 is 2.31 bits per heavy atom. The lowest BCUT2D eigenvalue weighted by atomic mass is 10.3. The molecule has 0 saturated carbocycles. The van der Waals surface area contributed by atoms with Gasteiger partial charge in [0.05, 0.1) is 6.54 Å². The second-order valence-corrected chi connectivity index (χ2v) is 3.04. The van der Waals surface area contributed by atoms with E-state index in [4.69, 9.17) is 0 Å². The molecule has 1 rings (SSSR count). The van der Waals surface area contributed by atoms with Crippen LogP contribution >= 0.6 is 0 Å². The molecule has 1 fully saturated rings. The molecule has 1 aliphatic rings. The zero-order chi connectivity index (χ0) is 9.84. The Hall–Kier alpha value is -1.39. The average Bonchev–Trinajstić information content (AvgIpc) is 2.19. The lowest BCUT2D eigenvalue weighted by Gasteiger charge is -2.23. The second-order valence-electron chi connectivity index (χ2n) is 3.04. The van der Waals surface area contributed by atoms with Crippen LogP contribution in [-0.2, 0) is 14.4 Å². The van der Waals surface area contributed by atoms with Crippen molar-refractivity contribution < 1.29 is 14.4 Å². The van der Waals surface area contributed by atoms with Crippen LogP contribution in [0.4, 0.5) is 0 Å². The molecule has 0 aromatic rings. The Morgan fingerprint density at radius 3 is 2.92 bits per heavy atom. The van der Waals surface area contributed by atoms with E-state index in [-0.39, 0.29) is 30.8 Å². The third-order valence-corrected chi connectivity index (χ3v) is 2.03. The first-order valence-electron chi connectivity index (χ1n) is 4.15. The van der Waals surface area contributed by atoms with Crippen molar-refractivity contribution in [2.45, 2.75) is 19.4 Å². The minimum atomic E-state index is -0.283. The number of rotatable bonds is 2. The van der Waals surface area contributed by atoms with Crippen molar-refractivity contribution in [1.82, 2.24) is 10.2 Å². The molecular formula is C8H12N2O3. The van der Waals surface area contributed by atoms with Gasteiger partial charge in [-0.1, -0.05) is 0 Å². The number of carbonyl (C=O) groups excluding carboxylic acids is 3. The number of carbonyl (C=O) groups is 3. The Balaban J connectivity index is 2.72. The van der Waals surface area contributed by atoms with Gasteiger partial charge in [0.25, 0.3) is 0 Å². The summed E-state index contributed by atoms with van der Waals surface area (Å²) in [5.41, 5.74) is 0. The quantitative estimate of drug-likeness (QED) is 0.438. The summed E-state index contributed by atoms with van der Waals surface area (Å²) in [6.45, 7) is 2.28. The van der Waals surface area contributed by atoms with Gasteiger partial charge in [-0.15, -0.1) is 0 Å². The number of nitrogens with zero attached hydrogens (tertiary/aromatic N) is 1. The molecule has 1 atom stereocenters. The summed E-state index contributed by atoms with van der Waals surface area (Å²) in [6, 6.07) is -0.107. The van der Waals surface area contributed by atoms with Gasteiger partial charge in [-0.3, -0.25) is 9.59 Å². The summed E-state index contributed by atoms with van der Waals surface area (Å²) in [5.74, 6) is -0.556. The highest BCUT2D eigenvalue weighted by Crippen LogP contribution is 2.04. The molecule has 72 valence electrons. The maximum Gasteiger partial charge on any atom is 0.232 e. The van der Waals surface area contributed by atoms with Gasteiger partial charge >= 0.3 is 0 Å². The van der Waals surface area contributed by atoms with Crippen molar-refractivity contribution in [2.24, 2.45) is 0 Å². The molecule has 0 bridgehead atoms. The van der Waals surface area contributed by atoms with Crippen molar-refractivity contribution in [3.8, 4) is 0 Å². The van der Waals surface area contributed by atoms with Crippen LogP contribution in [0.25, 0.3) is 0 Å². The van der Waals surface area contributed by atoms with Gasteiger partial charge in [-0.2, -0.15) is 0 Å². The molecule has 2 amide bonds. The molecule has 0 aliphatic carbocycles. The normalized spacial score (nSPS) is 23.8. The van der Waals surface area contributed by atoms with E-state index in [0.717, 1.165) is 0 Å². The fourth-order valence-electron chi connectivity index (χ4n) is 1.28. The van der Waals surface area contributed by atoms with Gasteiger partial charge in [0.2, 0.25) is 11.8 Å². The summed E-state index contributed by atoms with van der Waals surface area (Å²) in [7, 11) is 0. The predicted molar refractivity (Wildman–Crippen MR) is 44.9 cm³/mol. The maximum absolute atomic E-state index is 11.3. The molecule has 1 saturated heterocycles. The largest absolute Gasteiger partial charge is 0.354 e. The summed E-state index contributed by atoms with van der Waals surface area (Å²) >= 11 is 0. The highest BCUT2D eigenvalue weighted by atomic mass is 16.2.